The van der Waals surface area contributed by atoms with Gasteiger partial charge in [-0.05, 0) is 51.1 Å². The van der Waals surface area contributed by atoms with Crippen LogP contribution in [-0.4, -0.2) is 47.8 Å². The summed E-state index contributed by atoms with van der Waals surface area (Å²) in [6, 6.07) is 12.5. The van der Waals surface area contributed by atoms with Crippen LogP contribution in [0.2, 0.25) is 0 Å². The van der Waals surface area contributed by atoms with Gasteiger partial charge in [0.25, 0.3) is 5.91 Å². The van der Waals surface area contributed by atoms with Crippen LogP contribution in [0.25, 0.3) is 11.4 Å². The summed E-state index contributed by atoms with van der Waals surface area (Å²) in [4.78, 5) is 19.4. The molecule has 0 aliphatic rings. The summed E-state index contributed by atoms with van der Waals surface area (Å²) < 4.78 is 21.7. The number of carbonyl (C=O) groups is 1. The largest absolute Gasteiger partial charge is 0.493 e. The van der Waals surface area contributed by atoms with Crippen molar-refractivity contribution >= 4 is 5.91 Å². The second-order valence-electron chi connectivity index (χ2n) is 7.04. The predicted molar refractivity (Wildman–Crippen MR) is 115 cm³/mol. The topological polar surface area (TPSA) is 86.9 Å². The van der Waals surface area contributed by atoms with E-state index in [0.717, 1.165) is 5.56 Å². The molecule has 0 radical (unpaired) electrons. The minimum Gasteiger partial charge on any atom is -0.493 e. The fourth-order valence-electron chi connectivity index (χ4n) is 3.13. The van der Waals surface area contributed by atoms with Crippen LogP contribution >= 0.6 is 0 Å². The SMILES string of the molecule is CCOc1ccccc1C(=O)N(Cc1nc(-c2ccc(OC)c(OC)c2)no1)C(C)C. The number of rotatable bonds is 9. The van der Waals surface area contributed by atoms with Crippen LogP contribution in [0.4, 0.5) is 0 Å². The van der Waals surface area contributed by atoms with Crippen LogP contribution in [0.1, 0.15) is 37.0 Å². The summed E-state index contributed by atoms with van der Waals surface area (Å²) in [5.74, 6) is 2.31. The highest BCUT2D eigenvalue weighted by Crippen LogP contribution is 2.31. The first kappa shape index (κ1) is 22.1. The van der Waals surface area contributed by atoms with Gasteiger partial charge in [0, 0.05) is 11.6 Å². The van der Waals surface area contributed by atoms with E-state index < -0.39 is 0 Å². The molecule has 0 unspecified atom stereocenters. The Bertz CT molecular complexity index is 1030. The van der Waals surface area contributed by atoms with Crippen molar-refractivity contribution in [3.63, 3.8) is 0 Å². The highest BCUT2D eigenvalue weighted by Gasteiger charge is 2.24. The smallest absolute Gasteiger partial charge is 0.258 e. The lowest BCUT2D eigenvalue weighted by atomic mass is 10.1. The Hall–Kier alpha value is -3.55. The van der Waals surface area contributed by atoms with Gasteiger partial charge in [-0.3, -0.25) is 4.79 Å². The molecule has 8 nitrogen and oxygen atoms in total. The summed E-state index contributed by atoms with van der Waals surface area (Å²) in [5, 5.41) is 4.06. The van der Waals surface area contributed by atoms with E-state index in [9.17, 15) is 4.79 Å². The molecule has 164 valence electrons. The number of para-hydroxylation sites is 1. The van der Waals surface area contributed by atoms with Crippen LogP contribution in [0.15, 0.2) is 47.0 Å². The third kappa shape index (κ3) is 4.96. The van der Waals surface area contributed by atoms with Crippen molar-refractivity contribution in [2.75, 3.05) is 20.8 Å². The molecule has 0 bridgehead atoms. The van der Waals surface area contributed by atoms with Crippen molar-refractivity contribution in [2.45, 2.75) is 33.4 Å². The van der Waals surface area contributed by atoms with Crippen LogP contribution in [-0.2, 0) is 6.54 Å². The average Bonchev–Trinajstić information content (AvgIpc) is 3.25. The fraction of sp³-hybridized carbons (Fsp3) is 0.348. The molecule has 1 heterocycles. The number of amides is 1. The standard InChI is InChI=1S/C23H27N3O5/c1-6-30-18-10-8-7-9-17(18)23(27)26(15(2)3)14-21-24-22(25-31-21)16-11-12-19(28-4)20(13-16)29-5/h7-13,15H,6,14H2,1-5H3. The van der Waals surface area contributed by atoms with E-state index in [4.69, 9.17) is 18.7 Å². The summed E-state index contributed by atoms with van der Waals surface area (Å²) in [5.41, 5.74) is 1.22. The Kier molecular flexibility index (Phi) is 7.12. The predicted octanol–water partition coefficient (Wildman–Crippen LogP) is 4.20. The zero-order valence-corrected chi connectivity index (χ0v) is 18.4. The number of hydrogen-bond donors (Lipinski definition) is 0. The first-order chi connectivity index (χ1) is 15.0. The monoisotopic (exact) mass is 425 g/mol. The number of benzene rings is 2. The summed E-state index contributed by atoms with van der Waals surface area (Å²) in [6.07, 6.45) is 0. The number of nitrogens with zero attached hydrogens (tertiary/aromatic N) is 3. The van der Waals surface area contributed by atoms with Crippen LogP contribution < -0.4 is 14.2 Å². The maximum Gasteiger partial charge on any atom is 0.258 e. The number of methoxy groups -OCH3 is 2. The number of carbonyl (C=O) groups excluding carboxylic acids is 1. The molecule has 3 aromatic rings. The highest BCUT2D eigenvalue weighted by molar-refractivity contribution is 5.97. The van der Waals surface area contributed by atoms with Gasteiger partial charge >= 0.3 is 0 Å². The van der Waals surface area contributed by atoms with Gasteiger partial charge in [0.1, 0.15) is 12.3 Å². The third-order valence-electron chi connectivity index (χ3n) is 4.72. The maximum atomic E-state index is 13.2. The van der Waals surface area contributed by atoms with E-state index in [1.807, 2.05) is 39.0 Å². The van der Waals surface area contributed by atoms with Gasteiger partial charge in [-0.1, -0.05) is 17.3 Å². The van der Waals surface area contributed by atoms with Crippen molar-refractivity contribution in [3.05, 3.63) is 53.9 Å². The van der Waals surface area contributed by atoms with Crippen LogP contribution in [0.3, 0.4) is 0 Å². The Labute approximate surface area is 181 Å². The fourth-order valence-corrected chi connectivity index (χ4v) is 3.13. The lowest BCUT2D eigenvalue weighted by Crippen LogP contribution is -2.36. The van der Waals surface area contributed by atoms with E-state index in [1.54, 1.807) is 43.4 Å². The van der Waals surface area contributed by atoms with Crippen molar-refractivity contribution in [1.29, 1.82) is 0 Å². The molecule has 0 saturated carbocycles. The van der Waals surface area contributed by atoms with Crippen molar-refractivity contribution in [2.24, 2.45) is 0 Å². The summed E-state index contributed by atoms with van der Waals surface area (Å²) in [6.45, 7) is 6.41. The van der Waals surface area contributed by atoms with Gasteiger partial charge in [-0.15, -0.1) is 0 Å². The van der Waals surface area contributed by atoms with E-state index in [-0.39, 0.29) is 18.5 Å². The molecule has 8 heteroatoms. The van der Waals surface area contributed by atoms with Gasteiger partial charge in [0.05, 0.1) is 26.4 Å². The van der Waals surface area contributed by atoms with Crippen molar-refractivity contribution in [3.8, 4) is 28.6 Å². The molecule has 31 heavy (non-hydrogen) atoms. The van der Waals surface area contributed by atoms with Gasteiger partial charge in [0.15, 0.2) is 11.5 Å². The van der Waals surface area contributed by atoms with Gasteiger partial charge in [-0.25, -0.2) is 0 Å². The molecule has 0 fully saturated rings. The van der Waals surface area contributed by atoms with Gasteiger partial charge in [0.2, 0.25) is 11.7 Å². The molecule has 0 atom stereocenters. The Morgan fingerprint density at radius 2 is 1.81 bits per heavy atom. The normalized spacial score (nSPS) is 10.8. The first-order valence-corrected chi connectivity index (χ1v) is 10.1. The molecular weight excluding hydrogens is 398 g/mol. The highest BCUT2D eigenvalue weighted by atomic mass is 16.5. The minimum absolute atomic E-state index is 0.0846. The molecule has 0 aliphatic heterocycles. The molecule has 0 aliphatic carbocycles. The molecular formula is C23H27N3O5. The third-order valence-corrected chi connectivity index (χ3v) is 4.72. The summed E-state index contributed by atoms with van der Waals surface area (Å²) >= 11 is 0. The van der Waals surface area contributed by atoms with Gasteiger partial charge < -0.3 is 23.6 Å². The summed E-state index contributed by atoms with van der Waals surface area (Å²) in [7, 11) is 3.14. The van der Waals surface area contributed by atoms with Crippen LogP contribution in [0, 0.1) is 0 Å². The van der Waals surface area contributed by atoms with Crippen LogP contribution in [0.5, 0.6) is 17.2 Å². The lowest BCUT2D eigenvalue weighted by molar-refractivity contribution is 0.0663. The van der Waals surface area contributed by atoms with Crippen molar-refractivity contribution < 1.29 is 23.5 Å². The molecule has 0 saturated heterocycles. The molecule has 2 aromatic carbocycles. The number of ether oxygens (including phenoxy) is 3. The maximum absolute atomic E-state index is 13.2. The Morgan fingerprint density at radius 3 is 2.48 bits per heavy atom. The van der Waals surface area contributed by atoms with E-state index >= 15 is 0 Å². The Balaban J connectivity index is 1.84. The molecule has 1 aromatic heterocycles. The zero-order chi connectivity index (χ0) is 22.4. The average molecular weight is 425 g/mol. The number of hydrogen-bond acceptors (Lipinski definition) is 7. The molecule has 0 N–H and O–H groups in total. The van der Waals surface area contributed by atoms with E-state index in [1.165, 1.54) is 0 Å². The second-order valence-corrected chi connectivity index (χ2v) is 7.04. The minimum atomic E-state index is -0.162. The Morgan fingerprint density at radius 1 is 1.06 bits per heavy atom. The lowest BCUT2D eigenvalue weighted by Gasteiger charge is -2.26. The van der Waals surface area contributed by atoms with Crippen molar-refractivity contribution in [1.82, 2.24) is 15.0 Å². The molecule has 0 spiro atoms. The first-order valence-electron chi connectivity index (χ1n) is 10.1. The quantitative estimate of drug-likeness (QED) is 0.508. The van der Waals surface area contributed by atoms with E-state index in [0.29, 0.717) is 41.1 Å². The molecule has 1 amide bonds. The van der Waals surface area contributed by atoms with E-state index in [2.05, 4.69) is 10.1 Å². The number of aromatic nitrogens is 2. The second kappa shape index (κ2) is 9.97. The van der Waals surface area contributed by atoms with Gasteiger partial charge in [-0.2, -0.15) is 4.98 Å². The molecule has 3 rings (SSSR count). The zero-order valence-electron chi connectivity index (χ0n) is 18.4.